The van der Waals surface area contributed by atoms with E-state index in [1.54, 1.807) is 17.9 Å². The van der Waals surface area contributed by atoms with Crippen molar-refractivity contribution in [1.29, 1.82) is 0 Å². The molecule has 2 heterocycles. The quantitative estimate of drug-likeness (QED) is 0.914. The zero-order valence-corrected chi connectivity index (χ0v) is 14.8. The van der Waals surface area contributed by atoms with Gasteiger partial charge in [0.15, 0.2) is 0 Å². The Morgan fingerprint density at radius 1 is 1.12 bits per heavy atom. The zero-order chi connectivity index (χ0) is 18.8. The lowest BCUT2D eigenvalue weighted by Gasteiger charge is -2.38. The first-order valence-corrected chi connectivity index (χ1v) is 8.54. The summed E-state index contributed by atoms with van der Waals surface area (Å²) in [6, 6.07) is 6.36. The summed E-state index contributed by atoms with van der Waals surface area (Å²) in [5.41, 5.74) is 1.15. The van der Waals surface area contributed by atoms with E-state index in [0.717, 1.165) is 6.07 Å². The van der Waals surface area contributed by atoms with Crippen molar-refractivity contribution in [2.75, 3.05) is 26.2 Å². The summed E-state index contributed by atoms with van der Waals surface area (Å²) in [5.74, 6) is -1.34. The molecule has 1 atom stereocenters. The fourth-order valence-corrected chi connectivity index (χ4v) is 3.34. The van der Waals surface area contributed by atoms with Crippen molar-refractivity contribution in [1.82, 2.24) is 14.8 Å². The van der Waals surface area contributed by atoms with Crippen molar-refractivity contribution < 1.29 is 13.6 Å². The maximum Gasteiger partial charge on any atom is 0.254 e. The van der Waals surface area contributed by atoms with Crippen molar-refractivity contribution in [3.8, 4) is 0 Å². The molecule has 1 N–H and O–H groups in total. The Morgan fingerprint density at radius 2 is 1.81 bits per heavy atom. The van der Waals surface area contributed by atoms with Crippen LogP contribution in [0.5, 0.6) is 0 Å². The second-order valence-electron chi connectivity index (χ2n) is 6.59. The number of hydrogen-bond acceptors (Lipinski definition) is 3. The maximum absolute atomic E-state index is 14.0. The lowest BCUT2D eigenvalue weighted by atomic mass is 10.0. The van der Waals surface area contributed by atoms with Crippen molar-refractivity contribution in [3.05, 3.63) is 69.1 Å². The topological polar surface area (TPSA) is 56.4 Å². The number of nitrogens with one attached hydrogen (secondary N) is 1. The first-order valence-electron chi connectivity index (χ1n) is 8.54. The third-order valence-electron chi connectivity index (χ3n) is 4.79. The molecule has 0 spiro atoms. The van der Waals surface area contributed by atoms with Crippen LogP contribution in [-0.4, -0.2) is 46.9 Å². The number of piperazine rings is 1. The molecule has 0 aliphatic carbocycles. The largest absolute Gasteiger partial charge is 0.336 e. The average Bonchev–Trinajstić information content (AvgIpc) is 2.60. The van der Waals surface area contributed by atoms with E-state index < -0.39 is 11.6 Å². The lowest BCUT2D eigenvalue weighted by Crippen LogP contribution is -2.49. The van der Waals surface area contributed by atoms with Gasteiger partial charge in [-0.1, -0.05) is 6.07 Å². The maximum atomic E-state index is 14.0. The van der Waals surface area contributed by atoms with Crippen LogP contribution in [0.1, 0.15) is 34.6 Å². The van der Waals surface area contributed by atoms with Crippen molar-refractivity contribution in [3.63, 3.8) is 0 Å². The first kappa shape index (κ1) is 18.3. The van der Waals surface area contributed by atoms with E-state index in [-0.39, 0.29) is 17.5 Å². The Labute approximate surface area is 150 Å². The minimum absolute atomic E-state index is 0.181. The number of nitrogens with zero attached hydrogens (tertiary/aromatic N) is 2. The summed E-state index contributed by atoms with van der Waals surface area (Å²) in [4.78, 5) is 30.5. The molecule has 1 unspecified atom stereocenters. The molecule has 1 aromatic heterocycles. The van der Waals surface area contributed by atoms with E-state index in [9.17, 15) is 18.4 Å². The van der Waals surface area contributed by atoms with Gasteiger partial charge in [-0.3, -0.25) is 14.5 Å². The molecule has 1 saturated heterocycles. The third kappa shape index (κ3) is 3.83. The molecule has 1 aliphatic heterocycles. The van der Waals surface area contributed by atoms with Crippen LogP contribution in [-0.2, 0) is 0 Å². The standard InChI is InChI=1S/C19H21F2N3O2/c1-12-9-14(10-18(25)22-12)19(26)24-7-5-23(6-8-24)13(2)16-4-3-15(20)11-17(16)21/h3-4,9-11,13H,5-8H2,1-2H3,(H,22,25). The summed E-state index contributed by atoms with van der Waals surface area (Å²) in [6.07, 6.45) is 0. The molecule has 0 bridgehead atoms. The van der Waals surface area contributed by atoms with Crippen molar-refractivity contribution in [2.24, 2.45) is 0 Å². The van der Waals surface area contributed by atoms with Crippen LogP contribution in [0.15, 0.2) is 35.1 Å². The molecule has 0 radical (unpaired) electrons. The predicted octanol–water partition coefficient (Wildman–Crippen LogP) is 2.48. The van der Waals surface area contributed by atoms with Gasteiger partial charge in [-0.15, -0.1) is 0 Å². The zero-order valence-electron chi connectivity index (χ0n) is 14.8. The summed E-state index contributed by atoms with van der Waals surface area (Å²) in [5, 5.41) is 0. The van der Waals surface area contributed by atoms with Crippen LogP contribution < -0.4 is 5.56 Å². The van der Waals surface area contributed by atoms with Gasteiger partial charge in [0.1, 0.15) is 11.6 Å². The minimum atomic E-state index is -0.595. The Kier molecular flexibility index (Phi) is 5.18. The van der Waals surface area contributed by atoms with Gasteiger partial charge in [-0.25, -0.2) is 8.78 Å². The number of amides is 1. The van der Waals surface area contributed by atoms with E-state index in [1.165, 1.54) is 18.2 Å². The Hall–Kier alpha value is -2.54. The second-order valence-corrected chi connectivity index (χ2v) is 6.59. The molecule has 7 heteroatoms. The SMILES string of the molecule is Cc1cc(C(=O)N2CCN(C(C)c3ccc(F)cc3F)CC2)cc(=O)[nH]1. The van der Waals surface area contributed by atoms with E-state index >= 15 is 0 Å². The van der Waals surface area contributed by atoms with Gasteiger partial charge in [-0.05, 0) is 26.0 Å². The van der Waals surface area contributed by atoms with Crippen molar-refractivity contribution >= 4 is 5.91 Å². The Bertz CT molecular complexity index is 873. The number of halogens is 2. The highest BCUT2D eigenvalue weighted by atomic mass is 19.1. The van der Waals surface area contributed by atoms with Gasteiger partial charge in [-0.2, -0.15) is 0 Å². The molecule has 1 aliphatic rings. The smallest absolute Gasteiger partial charge is 0.254 e. The molecular weight excluding hydrogens is 340 g/mol. The number of carbonyl (C=O) groups is 1. The number of aromatic nitrogens is 1. The highest BCUT2D eigenvalue weighted by Crippen LogP contribution is 2.25. The van der Waals surface area contributed by atoms with Gasteiger partial charge < -0.3 is 9.88 Å². The molecule has 0 saturated carbocycles. The fourth-order valence-electron chi connectivity index (χ4n) is 3.34. The highest BCUT2D eigenvalue weighted by molar-refractivity contribution is 5.94. The molecule has 26 heavy (non-hydrogen) atoms. The van der Waals surface area contributed by atoms with Crippen LogP contribution in [0.4, 0.5) is 8.78 Å². The van der Waals surface area contributed by atoms with Gasteiger partial charge >= 0.3 is 0 Å². The number of H-pyrrole nitrogens is 1. The number of benzene rings is 1. The molecule has 1 aromatic carbocycles. The van der Waals surface area contributed by atoms with Gasteiger partial charge in [0.05, 0.1) is 0 Å². The van der Waals surface area contributed by atoms with Gasteiger partial charge in [0.2, 0.25) is 5.56 Å². The van der Waals surface area contributed by atoms with Crippen LogP contribution in [0.3, 0.4) is 0 Å². The third-order valence-corrected chi connectivity index (χ3v) is 4.79. The monoisotopic (exact) mass is 361 g/mol. The number of aromatic amines is 1. The van der Waals surface area contributed by atoms with Crippen LogP contribution >= 0.6 is 0 Å². The number of aryl methyl sites for hydroxylation is 1. The highest BCUT2D eigenvalue weighted by Gasteiger charge is 2.27. The number of rotatable bonds is 3. The van der Waals surface area contributed by atoms with Gasteiger partial charge in [0, 0.05) is 61.2 Å². The average molecular weight is 361 g/mol. The van der Waals surface area contributed by atoms with Crippen LogP contribution in [0.25, 0.3) is 0 Å². The number of pyridine rings is 1. The summed E-state index contributed by atoms with van der Waals surface area (Å²) in [6.45, 7) is 5.72. The molecular formula is C19H21F2N3O2. The molecule has 5 nitrogen and oxygen atoms in total. The summed E-state index contributed by atoms with van der Waals surface area (Å²) in [7, 11) is 0. The first-order chi connectivity index (χ1) is 12.3. The molecule has 3 rings (SSSR count). The molecule has 138 valence electrons. The van der Waals surface area contributed by atoms with E-state index in [1.807, 2.05) is 6.92 Å². The second kappa shape index (κ2) is 7.37. The summed E-state index contributed by atoms with van der Waals surface area (Å²) < 4.78 is 27.1. The normalized spacial score (nSPS) is 16.5. The number of carbonyl (C=O) groups excluding carboxylic acids is 1. The van der Waals surface area contributed by atoms with Crippen molar-refractivity contribution in [2.45, 2.75) is 19.9 Å². The Morgan fingerprint density at radius 3 is 2.42 bits per heavy atom. The van der Waals surface area contributed by atoms with E-state index in [4.69, 9.17) is 0 Å². The molecule has 2 aromatic rings. The van der Waals surface area contributed by atoms with E-state index in [0.29, 0.717) is 43.0 Å². The number of hydrogen-bond donors (Lipinski definition) is 1. The lowest BCUT2D eigenvalue weighted by molar-refractivity contribution is 0.0578. The minimum Gasteiger partial charge on any atom is -0.336 e. The molecule has 1 amide bonds. The van der Waals surface area contributed by atoms with Crippen LogP contribution in [0, 0.1) is 18.6 Å². The summed E-state index contributed by atoms with van der Waals surface area (Å²) >= 11 is 0. The predicted molar refractivity (Wildman–Crippen MR) is 94.0 cm³/mol. The van der Waals surface area contributed by atoms with Crippen LogP contribution in [0.2, 0.25) is 0 Å². The van der Waals surface area contributed by atoms with Gasteiger partial charge in [0.25, 0.3) is 5.91 Å². The molecule has 1 fully saturated rings. The van der Waals surface area contributed by atoms with E-state index in [2.05, 4.69) is 9.88 Å². The fraction of sp³-hybridized carbons (Fsp3) is 0.368. The Balaban J connectivity index is 1.66.